The van der Waals surface area contributed by atoms with Crippen LogP contribution in [-0.4, -0.2) is 32.7 Å². The first-order valence-corrected chi connectivity index (χ1v) is 8.29. The monoisotopic (exact) mass is 407 g/mol. The van der Waals surface area contributed by atoms with Crippen molar-refractivity contribution in [2.75, 3.05) is 26.1 Å². The molecule has 0 unspecified atom stereocenters. The maximum atomic E-state index is 12.5. The molecule has 0 radical (unpaired) electrons. The van der Waals surface area contributed by atoms with Gasteiger partial charge in [-0.25, -0.2) is 4.79 Å². The smallest absolute Gasteiger partial charge is 0.337 e. The van der Waals surface area contributed by atoms with Crippen molar-refractivity contribution in [3.8, 4) is 11.5 Å². The Morgan fingerprint density at radius 2 is 1.76 bits per heavy atom. The zero-order valence-electron chi connectivity index (χ0n) is 14.1. The van der Waals surface area contributed by atoms with Gasteiger partial charge in [-0.3, -0.25) is 4.79 Å². The van der Waals surface area contributed by atoms with E-state index in [1.165, 1.54) is 14.2 Å². The molecule has 132 valence electrons. The van der Waals surface area contributed by atoms with E-state index in [1.54, 1.807) is 36.4 Å². The van der Waals surface area contributed by atoms with Crippen molar-refractivity contribution >= 4 is 33.5 Å². The predicted octanol–water partition coefficient (Wildman–Crippen LogP) is 3.90. The number of esters is 1. The Labute approximate surface area is 154 Å². The molecule has 1 amide bonds. The number of anilines is 1. The van der Waals surface area contributed by atoms with Gasteiger partial charge in [0.25, 0.3) is 5.91 Å². The number of halogens is 1. The molecule has 2 aromatic rings. The Kier molecular flexibility index (Phi) is 6.41. The first-order valence-electron chi connectivity index (χ1n) is 7.50. The number of ether oxygens (including phenoxy) is 3. The number of carbonyl (C=O) groups excluding carboxylic acids is 2. The van der Waals surface area contributed by atoms with Crippen molar-refractivity contribution in [1.29, 1.82) is 0 Å². The lowest BCUT2D eigenvalue weighted by molar-refractivity contribution is 0.0600. The molecule has 0 spiro atoms. The lowest BCUT2D eigenvalue weighted by atomic mass is 10.1. The van der Waals surface area contributed by atoms with Gasteiger partial charge in [0.2, 0.25) is 0 Å². The highest BCUT2D eigenvalue weighted by molar-refractivity contribution is 9.10. The molecule has 0 saturated carbocycles. The lowest BCUT2D eigenvalue weighted by Crippen LogP contribution is -2.13. The van der Waals surface area contributed by atoms with Crippen LogP contribution in [0.1, 0.15) is 27.6 Å². The second kappa shape index (κ2) is 8.53. The van der Waals surface area contributed by atoms with Gasteiger partial charge in [-0.05, 0) is 59.3 Å². The van der Waals surface area contributed by atoms with Crippen LogP contribution in [0.4, 0.5) is 5.69 Å². The third-order valence-electron chi connectivity index (χ3n) is 3.34. The fourth-order valence-corrected chi connectivity index (χ4v) is 2.70. The van der Waals surface area contributed by atoms with Crippen molar-refractivity contribution in [1.82, 2.24) is 0 Å². The van der Waals surface area contributed by atoms with E-state index < -0.39 is 5.97 Å². The molecule has 0 aliphatic heterocycles. The summed E-state index contributed by atoms with van der Waals surface area (Å²) < 4.78 is 16.1. The van der Waals surface area contributed by atoms with Crippen molar-refractivity contribution in [3.63, 3.8) is 0 Å². The van der Waals surface area contributed by atoms with Crippen LogP contribution in [0.15, 0.2) is 40.9 Å². The van der Waals surface area contributed by atoms with Crippen LogP contribution in [0.5, 0.6) is 11.5 Å². The number of amides is 1. The summed E-state index contributed by atoms with van der Waals surface area (Å²) in [5.74, 6) is 0.261. The highest BCUT2D eigenvalue weighted by Crippen LogP contribution is 2.36. The maximum absolute atomic E-state index is 12.5. The Hall–Kier alpha value is -2.54. The van der Waals surface area contributed by atoms with Crippen molar-refractivity contribution in [2.24, 2.45) is 0 Å². The van der Waals surface area contributed by atoms with Crippen LogP contribution in [0.3, 0.4) is 0 Å². The molecule has 0 aliphatic carbocycles. The van der Waals surface area contributed by atoms with Crippen molar-refractivity contribution in [3.05, 3.63) is 52.0 Å². The molecule has 0 aromatic heterocycles. The molecule has 0 saturated heterocycles. The van der Waals surface area contributed by atoms with E-state index >= 15 is 0 Å². The molecule has 0 aliphatic rings. The third kappa shape index (κ3) is 4.51. The second-order valence-corrected chi connectivity index (χ2v) is 5.80. The molecular formula is C18H18BrNO5. The summed E-state index contributed by atoms with van der Waals surface area (Å²) in [6.07, 6.45) is 0. The van der Waals surface area contributed by atoms with Crippen LogP contribution < -0.4 is 14.8 Å². The Morgan fingerprint density at radius 1 is 1.08 bits per heavy atom. The molecule has 1 N–H and O–H groups in total. The van der Waals surface area contributed by atoms with E-state index in [-0.39, 0.29) is 5.91 Å². The van der Waals surface area contributed by atoms with Crippen molar-refractivity contribution < 1.29 is 23.8 Å². The summed E-state index contributed by atoms with van der Waals surface area (Å²) in [6.45, 7) is 2.34. The topological polar surface area (TPSA) is 73.9 Å². The van der Waals surface area contributed by atoms with E-state index in [0.29, 0.717) is 39.4 Å². The van der Waals surface area contributed by atoms with Gasteiger partial charge in [-0.15, -0.1) is 0 Å². The number of methoxy groups -OCH3 is 2. The summed E-state index contributed by atoms with van der Waals surface area (Å²) in [4.78, 5) is 23.9. The number of rotatable bonds is 6. The average Bonchev–Trinajstić information content (AvgIpc) is 2.63. The Bertz CT molecular complexity index is 774. The van der Waals surface area contributed by atoms with Gasteiger partial charge in [-0.1, -0.05) is 0 Å². The van der Waals surface area contributed by atoms with Gasteiger partial charge in [0, 0.05) is 11.3 Å². The van der Waals surface area contributed by atoms with E-state index in [0.717, 1.165) is 0 Å². The molecule has 2 rings (SSSR count). The molecule has 7 heteroatoms. The van der Waals surface area contributed by atoms with Gasteiger partial charge in [0.05, 0.1) is 30.9 Å². The largest absolute Gasteiger partial charge is 0.493 e. The summed E-state index contributed by atoms with van der Waals surface area (Å²) >= 11 is 3.39. The first kappa shape index (κ1) is 18.8. The SMILES string of the molecule is CCOc1c(Br)cc(C(=O)Nc2ccc(C(=O)OC)cc2)cc1OC. The molecule has 25 heavy (non-hydrogen) atoms. The number of carbonyl (C=O) groups is 2. The number of nitrogens with one attached hydrogen (secondary N) is 1. The third-order valence-corrected chi connectivity index (χ3v) is 3.93. The minimum absolute atomic E-state index is 0.312. The normalized spacial score (nSPS) is 10.1. The predicted molar refractivity (Wildman–Crippen MR) is 97.6 cm³/mol. The fourth-order valence-electron chi connectivity index (χ4n) is 2.15. The number of hydrogen-bond acceptors (Lipinski definition) is 5. The maximum Gasteiger partial charge on any atom is 0.337 e. The summed E-state index contributed by atoms with van der Waals surface area (Å²) in [5, 5.41) is 2.76. The van der Waals surface area contributed by atoms with E-state index in [4.69, 9.17) is 9.47 Å². The highest BCUT2D eigenvalue weighted by atomic mass is 79.9. The standard InChI is InChI=1S/C18H18BrNO5/c1-4-25-16-14(19)9-12(10-15(16)23-2)17(21)20-13-7-5-11(6-8-13)18(22)24-3/h5-10H,4H2,1-3H3,(H,20,21). The van der Waals surface area contributed by atoms with Crippen LogP contribution in [0.2, 0.25) is 0 Å². The van der Waals surface area contributed by atoms with Crippen molar-refractivity contribution in [2.45, 2.75) is 6.92 Å². The number of hydrogen-bond donors (Lipinski definition) is 1. The average molecular weight is 408 g/mol. The zero-order chi connectivity index (χ0) is 18.4. The Morgan fingerprint density at radius 3 is 2.32 bits per heavy atom. The van der Waals surface area contributed by atoms with Gasteiger partial charge in [-0.2, -0.15) is 0 Å². The van der Waals surface area contributed by atoms with E-state index in [9.17, 15) is 9.59 Å². The Balaban J connectivity index is 2.20. The highest BCUT2D eigenvalue weighted by Gasteiger charge is 2.16. The lowest BCUT2D eigenvalue weighted by Gasteiger charge is -2.13. The van der Waals surface area contributed by atoms with Gasteiger partial charge in [0.15, 0.2) is 11.5 Å². The molecule has 0 fully saturated rings. The van der Waals surface area contributed by atoms with Gasteiger partial charge >= 0.3 is 5.97 Å². The molecule has 0 atom stereocenters. The molecule has 0 bridgehead atoms. The molecular weight excluding hydrogens is 390 g/mol. The number of benzene rings is 2. The molecule has 0 heterocycles. The quantitative estimate of drug-likeness (QED) is 0.735. The van der Waals surface area contributed by atoms with E-state index in [2.05, 4.69) is 26.0 Å². The second-order valence-electron chi connectivity index (χ2n) is 4.95. The molecule has 2 aromatic carbocycles. The minimum Gasteiger partial charge on any atom is -0.493 e. The van der Waals surface area contributed by atoms with Crippen LogP contribution in [0, 0.1) is 0 Å². The van der Waals surface area contributed by atoms with Crippen LogP contribution in [0.25, 0.3) is 0 Å². The van der Waals surface area contributed by atoms with E-state index in [1.807, 2.05) is 6.92 Å². The van der Waals surface area contributed by atoms with Crippen LogP contribution in [-0.2, 0) is 4.74 Å². The molecule has 6 nitrogen and oxygen atoms in total. The first-order chi connectivity index (χ1) is 12.0. The summed E-state index contributed by atoms with van der Waals surface area (Å²) in [7, 11) is 2.83. The minimum atomic E-state index is -0.432. The summed E-state index contributed by atoms with van der Waals surface area (Å²) in [6, 6.07) is 9.68. The fraction of sp³-hybridized carbons (Fsp3) is 0.222. The zero-order valence-corrected chi connectivity index (χ0v) is 15.7. The summed E-state index contributed by atoms with van der Waals surface area (Å²) in [5.41, 5.74) is 1.37. The van der Waals surface area contributed by atoms with Gasteiger partial charge in [0.1, 0.15) is 0 Å². The van der Waals surface area contributed by atoms with Gasteiger partial charge < -0.3 is 19.5 Å². The van der Waals surface area contributed by atoms with Crippen LogP contribution >= 0.6 is 15.9 Å².